The van der Waals surface area contributed by atoms with E-state index in [-0.39, 0.29) is 0 Å². The summed E-state index contributed by atoms with van der Waals surface area (Å²) in [5.74, 6) is -0.450. The molecule has 0 bridgehead atoms. The van der Waals surface area contributed by atoms with Crippen LogP contribution in [0.2, 0.25) is 0 Å². The second-order valence-electron chi connectivity index (χ2n) is 4.33. The van der Waals surface area contributed by atoms with E-state index in [1.165, 1.54) is 0 Å². The smallest absolute Gasteiger partial charge is 0.310 e. The summed E-state index contributed by atoms with van der Waals surface area (Å²) in [6.07, 6.45) is 0. The Morgan fingerprint density at radius 2 is 1.88 bits per heavy atom. The van der Waals surface area contributed by atoms with Gasteiger partial charge in [-0.05, 0) is 30.5 Å². The SMILES string of the molecule is COc1cc(C(C)C)c(Br)cc1C(C)C(=O)O. The van der Waals surface area contributed by atoms with Gasteiger partial charge in [-0.2, -0.15) is 0 Å². The van der Waals surface area contributed by atoms with Crippen molar-refractivity contribution in [3.63, 3.8) is 0 Å². The minimum Gasteiger partial charge on any atom is -0.496 e. The number of carboxylic acid groups (broad SMARTS) is 1. The Morgan fingerprint density at radius 3 is 2.29 bits per heavy atom. The second-order valence-corrected chi connectivity index (χ2v) is 5.18. The van der Waals surface area contributed by atoms with Crippen molar-refractivity contribution in [2.24, 2.45) is 0 Å². The standard InChI is InChI=1S/C13H17BrO3/c1-7(2)9-6-12(17-4)10(5-11(9)14)8(3)13(15)16/h5-8H,1-4H3,(H,15,16). The van der Waals surface area contributed by atoms with Crippen LogP contribution in [0, 0.1) is 0 Å². The molecule has 3 nitrogen and oxygen atoms in total. The number of methoxy groups -OCH3 is 1. The lowest BCUT2D eigenvalue weighted by Gasteiger charge is -2.17. The maximum Gasteiger partial charge on any atom is 0.310 e. The molecule has 0 spiro atoms. The van der Waals surface area contributed by atoms with E-state index < -0.39 is 11.9 Å². The molecule has 1 aromatic carbocycles. The third-order valence-electron chi connectivity index (χ3n) is 2.81. The van der Waals surface area contributed by atoms with Crippen LogP contribution in [0.4, 0.5) is 0 Å². The number of hydrogen-bond acceptors (Lipinski definition) is 2. The van der Waals surface area contributed by atoms with Gasteiger partial charge in [-0.1, -0.05) is 29.8 Å². The third-order valence-corrected chi connectivity index (χ3v) is 3.49. The molecule has 0 aliphatic rings. The Morgan fingerprint density at radius 1 is 1.29 bits per heavy atom. The van der Waals surface area contributed by atoms with Crippen LogP contribution in [0.25, 0.3) is 0 Å². The highest BCUT2D eigenvalue weighted by Gasteiger charge is 2.20. The average Bonchev–Trinajstić information content (AvgIpc) is 2.27. The molecule has 1 rings (SSSR count). The largest absolute Gasteiger partial charge is 0.496 e. The first-order valence-electron chi connectivity index (χ1n) is 5.48. The number of rotatable bonds is 4. The summed E-state index contributed by atoms with van der Waals surface area (Å²) in [4.78, 5) is 11.0. The summed E-state index contributed by atoms with van der Waals surface area (Å²) in [5, 5.41) is 9.05. The number of benzene rings is 1. The van der Waals surface area contributed by atoms with E-state index in [9.17, 15) is 4.79 Å². The lowest BCUT2D eigenvalue weighted by atomic mass is 9.95. The predicted molar refractivity (Wildman–Crippen MR) is 70.8 cm³/mol. The number of hydrogen-bond donors (Lipinski definition) is 1. The molecule has 1 unspecified atom stereocenters. The zero-order chi connectivity index (χ0) is 13.2. The molecule has 0 radical (unpaired) electrons. The topological polar surface area (TPSA) is 46.5 Å². The number of carboxylic acids is 1. The van der Waals surface area contributed by atoms with Crippen LogP contribution < -0.4 is 4.74 Å². The summed E-state index contributed by atoms with van der Waals surface area (Å²) in [7, 11) is 1.56. The van der Waals surface area contributed by atoms with Gasteiger partial charge in [0.15, 0.2) is 0 Å². The Kier molecular flexibility index (Phi) is 4.57. The third kappa shape index (κ3) is 3.00. The van der Waals surface area contributed by atoms with Gasteiger partial charge in [0.2, 0.25) is 0 Å². The average molecular weight is 301 g/mol. The normalized spacial score (nSPS) is 12.6. The first-order valence-corrected chi connectivity index (χ1v) is 6.27. The van der Waals surface area contributed by atoms with Crippen LogP contribution in [0.5, 0.6) is 5.75 Å². The molecule has 0 fully saturated rings. The van der Waals surface area contributed by atoms with Gasteiger partial charge < -0.3 is 9.84 Å². The minimum absolute atomic E-state index is 0.354. The summed E-state index contributed by atoms with van der Waals surface area (Å²) in [5.41, 5.74) is 1.81. The molecule has 0 saturated carbocycles. The predicted octanol–water partition coefficient (Wildman–Crippen LogP) is 3.77. The van der Waals surface area contributed by atoms with E-state index >= 15 is 0 Å². The van der Waals surface area contributed by atoms with Gasteiger partial charge >= 0.3 is 5.97 Å². The van der Waals surface area contributed by atoms with Crippen LogP contribution in [0.15, 0.2) is 16.6 Å². The Labute approximate surface area is 110 Å². The molecule has 1 aromatic rings. The van der Waals surface area contributed by atoms with Crippen LogP contribution in [-0.4, -0.2) is 18.2 Å². The van der Waals surface area contributed by atoms with Crippen LogP contribution in [0.3, 0.4) is 0 Å². The number of carbonyl (C=O) groups is 1. The molecule has 94 valence electrons. The van der Waals surface area contributed by atoms with Crippen molar-refractivity contribution < 1.29 is 14.6 Å². The van der Waals surface area contributed by atoms with Gasteiger partial charge in [0, 0.05) is 10.0 Å². The van der Waals surface area contributed by atoms with Crippen LogP contribution >= 0.6 is 15.9 Å². The van der Waals surface area contributed by atoms with Crippen molar-refractivity contribution in [2.45, 2.75) is 32.6 Å². The molecule has 0 aliphatic heterocycles. The van der Waals surface area contributed by atoms with E-state index in [2.05, 4.69) is 29.8 Å². The van der Waals surface area contributed by atoms with Gasteiger partial charge in [-0.15, -0.1) is 0 Å². The summed E-state index contributed by atoms with van der Waals surface area (Å²) in [6, 6.07) is 3.75. The lowest BCUT2D eigenvalue weighted by molar-refractivity contribution is -0.138. The molecule has 0 aliphatic carbocycles. The van der Waals surface area contributed by atoms with E-state index in [1.54, 1.807) is 14.0 Å². The van der Waals surface area contributed by atoms with Crippen molar-refractivity contribution in [1.29, 1.82) is 0 Å². The highest BCUT2D eigenvalue weighted by atomic mass is 79.9. The summed E-state index contributed by atoms with van der Waals surface area (Å²) >= 11 is 3.48. The van der Waals surface area contributed by atoms with Crippen molar-refractivity contribution >= 4 is 21.9 Å². The van der Waals surface area contributed by atoms with Crippen molar-refractivity contribution in [3.05, 3.63) is 27.7 Å². The van der Waals surface area contributed by atoms with E-state index in [0.717, 1.165) is 10.0 Å². The zero-order valence-electron chi connectivity index (χ0n) is 10.5. The molecule has 17 heavy (non-hydrogen) atoms. The number of aliphatic carboxylic acids is 1. The number of halogens is 1. The van der Waals surface area contributed by atoms with Crippen molar-refractivity contribution in [3.8, 4) is 5.75 Å². The quantitative estimate of drug-likeness (QED) is 0.921. The monoisotopic (exact) mass is 300 g/mol. The lowest BCUT2D eigenvalue weighted by Crippen LogP contribution is -2.09. The zero-order valence-corrected chi connectivity index (χ0v) is 12.0. The molecule has 0 aromatic heterocycles. The molecule has 1 N–H and O–H groups in total. The fourth-order valence-corrected chi connectivity index (χ4v) is 2.49. The number of ether oxygens (including phenoxy) is 1. The van der Waals surface area contributed by atoms with Gasteiger partial charge in [-0.3, -0.25) is 4.79 Å². The van der Waals surface area contributed by atoms with Gasteiger partial charge in [0.25, 0.3) is 0 Å². The first kappa shape index (κ1) is 14.0. The Bertz CT molecular complexity index is 427. The van der Waals surface area contributed by atoms with Gasteiger partial charge in [0.05, 0.1) is 13.0 Å². The van der Waals surface area contributed by atoms with E-state index in [1.807, 2.05) is 12.1 Å². The van der Waals surface area contributed by atoms with Crippen molar-refractivity contribution in [2.75, 3.05) is 7.11 Å². The van der Waals surface area contributed by atoms with Crippen molar-refractivity contribution in [1.82, 2.24) is 0 Å². The van der Waals surface area contributed by atoms with E-state index in [4.69, 9.17) is 9.84 Å². The van der Waals surface area contributed by atoms with Crippen LogP contribution in [-0.2, 0) is 4.79 Å². The summed E-state index contributed by atoms with van der Waals surface area (Å²) < 4.78 is 6.21. The van der Waals surface area contributed by atoms with Crippen LogP contribution in [0.1, 0.15) is 43.7 Å². The molecule has 0 heterocycles. The highest BCUT2D eigenvalue weighted by Crippen LogP contribution is 2.35. The van der Waals surface area contributed by atoms with Gasteiger partial charge in [0.1, 0.15) is 5.75 Å². The van der Waals surface area contributed by atoms with E-state index in [0.29, 0.717) is 17.2 Å². The highest BCUT2D eigenvalue weighted by molar-refractivity contribution is 9.10. The first-order chi connectivity index (χ1) is 7.88. The fraction of sp³-hybridized carbons (Fsp3) is 0.462. The summed E-state index contributed by atoms with van der Waals surface area (Å²) in [6.45, 7) is 5.82. The molecular weight excluding hydrogens is 284 g/mol. The maximum absolute atomic E-state index is 11.0. The molecule has 0 amide bonds. The molecule has 1 atom stereocenters. The maximum atomic E-state index is 11.0. The Hall–Kier alpha value is -1.03. The Balaban J connectivity index is 3.33. The molecule has 4 heteroatoms. The second kappa shape index (κ2) is 5.54. The molecular formula is C13H17BrO3. The van der Waals surface area contributed by atoms with Gasteiger partial charge in [-0.25, -0.2) is 0 Å². The fourth-order valence-electron chi connectivity index (χ4n) is 1.68. The minimum atomic E-state index is -0.854. The molecule has 0 saturated heterocycles.